The number of likely N-dealkylation sites (tertiary alicyclic amines) is 1. The highest BCUT2D eigenvalue weighted by atomic mass is 16.4. The van der Waals surface area contributed by atoms with Crippen molar-refractivity contribution >= 4 is 12.0 Å². The molecular weight excluding hydrogens is 248 g/mol. The molecule has 1 rings (SSSR count). The lowest BCUT2D eigenvalue weighted by Crippen LogP contribution is -2.51. The van der Waals surface area contributed by atoms with Crippen LogP contribution in [0.4, 0.5) is 4.79 Å². The number of aliphatic carboxylic acids is 1. The van der Waals surface area contributed by atoms with Crippen molar-refractivity contribution in [1.29, 1.82) is 0 Å². The lowest BCUT2D eigenvalue weighted by Gasteiger charge is -2.34. The molecular formula is C13H24N2O4. The standard InChI is InChI=1S/C13H24N2O4/c1-8(2)6-14(9(3)4)13(19)15-7-10(16)5-11(15)12(17)18/h8-11,16H,5-7H2,1-4H3,(H,17,18). The van der Waals surface area contributed by atoms with Gasteiger partial charge in [0.2, 0.25) is 0 Å². The third-order valence-corrected chi connectivity index (χ3v) is 3.24. The number of aliphatic hydroxyl groups excluding tert-OH is 1. The zero-order chi connectivity index (χ0) is 14.7. The Balaban J connectivity index is 2.86. The highest BCUT2D eigenvalue weighted by Gasteiger charge is 2.41. The number of nitrogens with zero attached hydrogens (tertiary/aromatic N) is 2. The molecule has 0 aliphatic carbocycles. The molecule has 1 heterocycles. The van der Waals surface area contributed by atoms with Crippen molar-refractivity contribution < 1.29 is 19.8 Å². The fourth-order valence-electron chi connectivity index (χ4n) is 2.33. The van der Waals surface area contributed by atoms with E-state index in [1.54, 1.807) is 4.90 Å². The molecule has 1 aliphatic heterocycles. The van der Waals surface area contributed by atoms with Crippen molar-refractivity contribution in [3.05, 3.63) is 0 Å². The van der Waals surface area contributed by atoms with E-state index in [2.05, 4.69) is 0 Å². The van der Waals surface area contributed by atoms with Crippen molar-refractivity contribution in [3.8, 4) is 0 Å². The maximum absolute atomic E-state index is 12.5. The van der Waals surface area contributed by atoms with E-state index in [1.165, 1.54) is 4.90 Å². The average Bonchev–Trinajstić information content (AvgIpc) is 2.67. The van der Waals surface area contributed by atoms with E-state index in [9.17, 15) is 14.7 Å². The van der Waals surface area contributed by atoms with E-state index < -0.39 is 18.1 Å². The third kappa shape index (κ3) is 3.83. The molecule has 6 nitrogen and oxygen atoms in total. The van der Waals surface area contributed by atoms with Crippen LogP contribution in [0.5, 0.6) is 0 Å². The number of β-amino-alcohol motifs (C(OH)–C–C–N with tert-alkyl or cyclic N) is 1. The van der Waals surface area contributed by atoms with Crippen LogP contribution >= 0.6 is 0 Å². The van der Waals surface area contributed by atoms with Crippen molar-refractivity contribution in [2.45, 2.75) is 52.3 Å². The van der Waals surface area contributed by atoms with Crippen molar-refractivity contribution in [2.24, 2.45) is 5.92 Å². The summed E-state index contributed by atoms with van der Waals surface area (Å²) in [5.74, 6) is -0.750. The SMILES string of the molecule is CC(C)CN(C(=O)N1CC(O)CC1C(=O)O)C(C)C. The quantitative estimate of drug-likeness (QED) is 0.799. The van der Waals surface area contributed by atoms with Gasteiger partial charge >= 0.3 is 12.0 Å². The number of carbonyl (C=O) groups is 2. The molecule has 2 atom stereocenters. The van der Waals surface area contributed by atoms with Crippen LogP contribution in [0.2, 0.25) is 0 Å². The summed E-state index contributed by atoms with van der Waals surface area (Å²) in [5.41, 5.74) is 0. The van der Waals surface area contributed by atoms with Gasteiger partial charge in [-0.2, -0.15) is 0 Å². The number of carboxylic acids is 1. The van der Waals surface area contributed by atoms with Crippen LogP contribution in [0.25, 0.3) is 0 Å². The largest absolute Gasteiger partial charge is 0.480 e. The molecule has 1 aliphatic rings. The lowest BCUT2D eigenvalue weighted by atomic mass is 10.2. The molecule has 2 unspecified atom stereocenters. The van der Waals surface area contributed by atoms with E-state index in [4.69, 9.17) is 5.11 Å². The van der Waals surface area contributed by atoms with Gasteiger partial charge in [-0.15, -0.1) is 0 Å². The molecule has 6 heteroatoms. The van der Waals surface area contributed by atoms with Crippen LogP contribution in [-0.2, 0) is 4.79 Å². The van der Waals surface area contributed by atoms with Gasteiger partial charge in [0.25, 0.3) is 0 Å². The fraction of sp³-hybridized carbons (Fsp3) is 0.846. The Morgan fingerprint density at radius 2 is 1.89 bits per heavy atom. The molecule has 0 bridgehead atoms. The van der Waals surface area contributed by atoms with E-state index in [0.717, 1.165) is 0 Å². The van der Waals surface area contributed by atoms with Crippen molar-refractivity contribution in [3.63, 3.8) is 0 Å². The first-order valence-electron chi connectivity index (χ1n) is 6.72. The minimum atomic E-state index is -1.06. The minimum absolute atomic E-state index is 0.00193. The van der Waals surface area contributed by atoms with E-state index in [1.807, 2.05) is 27.7 Å². The number of amides is 2. The molecule has 0 spiro atoms. The van der Waals surface area contributed by atoms with Gasteiger partial charge in [0.15, 0.2) is 0 Å². The van der Waals surface area contributed by atoms with E-state index in [0.29, 0.717) is 12.5 Å². The normalized spacial score (nSPS) is 23.2. The predicted molar refractivity (Wildman–Crippen MR) is 70.8 cm³/mol. The number of aliphatic hydroxyl groups is 1. The number of carboxylic acid groups (broad SMARTS) is 1. The first-order valence-corrected chi connectivity index (χ1v) is 6.72. The molecule has 0 aromatic heterocycles. The monoisotopic (exact) mass is 272 g/mol. The first kappa shape index (κ1) is 15.8. The van der Waals surface area contributed by atoms with Gasteiger partial charge in [-0.3, -0.25) is 0 Å². The summed E-state index contributed by atoms with van der Waals surface area (Å²) >= 11 is 0. The highest BCUT2D eigenvalue weighted by molar-refractivity contribution is 5.83. The second-order valence-corrected chi connectivity index (χ2v) is 5.82. The summed E-state index contributed by atoms with van der Waals surface area (Å²) in [5, 5.41) is 18.7. The molecule has 0 saturated carbocycles. The Bertz CT molecular complexity index is 344. The third-order valence-electron chi connectivity index (χ3n) is 3.24. The molecule has 0 aromatic carbocycles. The van der Waals surface area contributed by atoms with Crippen LogP contribution in [0.15, 0.2) is 0 Å². The summed E-state index contributed by atoms with van der Waals surface area (Å²) in [4.78, 5) is 26.6. The predicted octanol–water partition coefficient (Wildman–Crippen LogP) is 0.993. The van der Waals surface area contributed by atoms with Crippen LogP contribution in [0.3, 0.4) is 0 Å². The maximum Gasteiger partial charge on any atom is 0.326 e. The number of hydrogen-bond donors (Lipinski definition) is 2. The minimum Gasteiger partial charge on any atom is -0.480 e. The molecule has 2 amide bonds. The lowest BCUT2D eigenvalue weighted by molar-refractivity contribution is -0.141. The van der Waals surface area contributed by atoms with Crippen LogP contribution in [-0.4, -0.2) is 63.3 Å². The maximum atomic E-state index is 12.5. The fourth-order valence-corrected chi connectivity index (χ4v) is 2.33. The topological polar surface area (TPSA) is 81.1 Å². The van der Waals surface area contributed by atoms with Crippen LogP contribution in [0.1, 0.15) is 34.1 Å². The van der Waals surface area contributed by atoms with Crippen LogP contribution in [0, 0.1) is 5.92 Å². The van der Waals surface area contributed by atoms with Gasteiger partial charge in [-0.05, 0) is 19.8 Å². The number of hydrogen-bond acceptors (Lipinski definition) is 3. The molecule has 0 aromatic rings. The number of urea groups is 1. The highest BCUT2D eigenvalue weighted by Crippen LogP contribution is 2.21. The molecule has 1 saturated heterocycles. The first-order chi connectivity index (χ1) is 8.73. The van der Waals surface area contributed by atoms with Crippen molar-refractivity contribution in [1.82, 2.24) is 9.80 Å². The van der Waals surface area contributed by atoms with Gasteiger partial charge < -0.3 is 20.0 Å². The smallest absolute Gasteiger partial charge is 0.326 e. The van der Waals surface area contributed by atoms with Gasteiger partial charge in [-0.1, -0.05) is 13.8 Å². The van der Waals surface area contributed by atoms with E-state index in [-0.39, 0.29) is 25.0 Å². The molecule has 19 heavy (non-hydrogen) atoms. The van der Waals surface area contributed by atoms with Gasteiger partial charge in [0.1, 0.15) is 6.04 Å². The second-order valence-electron chi connectivity index (χ2n) is 5.82. The second kappa shape index (κ2) is 6.23. The Kier molecular flexibility index (Phi) is 5.17. The number of carbonyl (C=O) groups excluding carboxylic acids is 1. The average molecular weight is 272 g/mol. The van der Waals surface area contributed by atoms with E-state index >= 15 is 0 Å². The number of rotatable bonds is 4. The summed E-state index contributed by atoms with van der Waals surface area (Å²) in [6.45, 7) is 8.50. The molecule has 110 valence electrons. The van der Waals surface area contributed by atoms with Gasteiger partial charge in [0, 0.05) is 25.6 Å². The Morgan fingerprint density at radius 1 is 1.32 bits per heavy atom. The molecule has 0 radical (unpaired) electrons. The Morgan fingerprint density at radius 3 is 2.32 bits per heavy atom. The Hall–Kier alpha value is -1.30. The Labute approximate surface area is 114 Å². The molecule has 2 N–H and O–H groups in total. The summed E-state index contributed by atoms with van der Waals surface area (Å²) < 4.78 is 0. The summed E-state index contributed by atoms with van der Waals surface area (Å²) in [6.07, 6.45) is -0.646. The zero-order valence-electron chi connectivity index (χ0n) is 12.0. The van der Waals surface area contributed by atoms with Gasteiger partial charge in [-0.25, -0.2) is 9.59 Å². The summed E-state index contributed by atoms with van der Waals surface area (Å²) in [7, 11) is 0. The van der Waals surface area contributed by atoms with Crippen LogP contribution < -0.4 is 0 Å². The zero-order valence-corrected chi connectivity index (χ0v) is 12.0. The van der Waals surface area contributed by atoms with Gasteiger partial charge in [0.05, 0.1) is 6.10 Å². The summed E-state index contributed by atoms with van der Waals surface area (Å²) in [6, 6.07) is -1.22. The van der Waals surface area contributed by atoms with Crippen molar-refractivity contribution in [2.75, 3.05) is 13.1 Å². The molecule has 1 fully saturated rings.